The van der Waals surface area contributed by atoms with Crippen molar-refractivity contribution in [1.82, 2.24) is 9.97 Å². The van der Waals surface area contributed by atoms with Crippen LogP contribution in [0.15, 0.2) is 5.38 Å². The standard InChI is InChI=1S/C12H13N3O3S2/c1-4-18-11(17)8-5-19-12(14-8)15-10(16)9-6(2)20-7(3)13-9/h5H,4H2,1-3H3,(H,14,15,16). The normalized spacial score (nSPS) is 10.3. The fourth-order valence-corrected chi connectivity index (χ4v) is 3.02. The lowest BCUT2D eigenvalue weighted by Crippen LogP contribution is -2.14. The average Bonchev–Trinajstić information content (AvgIpc) is 2.96. The molecule has 20 heavy (non-hydrogen) atoms. The van der Waals surface area contributed by atoms with Crippen molar-refractivity contribution in [2.75, 3.05) is 11.9 Å². The van der Waals surface area contributed by atoms with E-state index in [9.17, 15) is 9.59 Å². The van der Waals surface area contributed by atoms with E-state index in [2.05, 4.69) is 15.3 Å². The van der Waals surface area contributed by atoms with Gasteiger partial charge in [0, 0.05) is 10.3 Å². The largest absolute Gasteiger partial charge is 0.461 e. The summed E-state index contributed by atoms with van der Waals surface area (Å²) in [6, 6.07) is 0. The van der Waals surface area contributed by atoms with Crippen molar-refractivity contribution >= 4 is 39.7 Å². The quantitative estimate of drug-likeness (QED) is 0.878. The summed E-state index contributed by atoms with van der Waals surface area (Å²) >= 11 is 2.63. The smallest absolute Gasteiger partial charge is 0.357 e. The zero-order chi connectivity index (χ0) is 14.7. The third kappa shape index (κ3) is 3.20. The van der Waals surface area contributed by atoms with E-state index in [-0.39, 0.29) is 18.2 Å². The summed E-state index contributed by atoms with van der Waals surface area (Å²) in [4.78, 5) is 32.5. The highest BCUT2D eigenvalue weighted by Gasteiger charge is 2.17. The van der Waals surface area contributed by atoms with Gasteiger partial charge < -0.3 is 4.74 Å². The van der Waals surface area contributed by atoms with Gasteiger partial charge in [0.05, 0.1) is 11.6 Å². The van der Waals surface area contributed by atoms with Crippen molar-refractivity contribution in [2.45, 2.75) is 20.8 Å². The molecule has 0 unspecified atom stereocenters. The zero-order valence-electron chi connectivity index (χ0n) is 11.2. The van der Waals surface area contributed by atoms with Crippen molar-refractivity contribution in [3.63, 3.8) is 0 Å². The second-order valence-corrected chi connectivity index (χ2v) is 6.12. The predicted octanol–water partition coefficient (Wildman–Crippen LogP) is 2.65. The molecule has 0 spiro atoms. The lowest BCUT2D eigenvalue weighted by atomic mass is 10.3. The Morgan fingerprint density at radius 2 is 2.10 bits per heavy atom. The first-order valence-electron chi connectivity index (χ1n) is 5.89. The molecule has 0 aliphatic rings. The Labute approximate surface area is 123 Å². The number of aryl methyl sites for hydroxylation is 2. The van der Waals surface area contributed by atoms with E-state index in [1.807, 2.05) is 13.8 Å². The van der Waals surface area contributed by atoms with Crippen LogP contribution in [0.3, 0.4) is 0 Å². The molecule has 0 radical (unpaired) electrons. The SMILES string of the molecule is CCOC(=O)c1csc(NC(=O)c2nc(C)sc2C)n1. The lowest BCUT2D eigenvalue weighted by molar-refractivity contribution is 0.0520. The molecule has 0 aliphatic heterocycles. The number of carbonyl (C=O) groups is 2. The number of rotatable bonds is 4. The van der Waals surface area contributed by atoms with Crippen LogP contribution in [-0.4, -0.2) is 28.5 Å². The number of hydrogen-bond donors (Lipinski definition) is 1. The lowest BCUT2D eigenvalue weighted by Gasteiger charge is -1.99. The van der Waals surface area contributed by atoms with Crippen molar-refractivity contribution in [3.8, 4) is 0 Å². The minimum atomic E-state index is -0.495. The van der Waals surface area contributed by atoms with E-state index >= 15 is 0 Å². The number of thiazole rings is 2. The second kappa shape index (κ2) is 6.10. The third-order valence-corrected chi connectivity index (χ3v) is 3.97. The van der Waals surface area contributed by atoms with Gasteiger partial charge in [0.15, 0.2) is 10.8 Å². The molecule has 0 aromatic carbocycles. The summed E-state index contributed by atoms with van der Waals surface area (Å²) in [6.07, 6.45) is 0. The van der Waals surface area contributed by atoms with Crippen molar-refractivity contribution in [2.24, 2.45) is 0 Å². The maximum Gasteiger partial charge on any atom is 0.357 e. The van der Waals surface area contributed by atoms with E-state index in [1.165, 1.54) is 22.7 Å². The summed E-state index contributed by atoms with van der Waals surface area (Å²) in [6.45, 7) is 5.69. The number of amides is 1. The van der Waals surface area contributed by atoms with Crippen LogP contribution in [0, 0.1) is 13.8 Å². The molecule has 0 saturated carbocycles. The van der Waals surface area contributed by atoms with Gasteiger partial charge in [-0.05, 0) is 20.8 Å². The van der Waals surface area contributed by atoms with Gasteiger partial charge in [-0.25, -0.2) is 14.8 Å². The maximum absolute atomic E-state index is 12.0. The second-order valence-electron chi connectivity index (χ2n) is 3.85. The number of hydrogen-bond acceptors (Lipinski definition) is 7. The van der Waals surface area contributed by atoms with Gasteiger partial charge in [-0.2, -0.15) is 0 Å². The van der Waals surface area contributed by atoms with Gasteiger partial charge in [0.1, 0.15) is 5.69 Å². The molecule has 1 amide bonds. The topological polar surface area (TPSA) is 81.2 Å². The Balaban J connectivity index is 2.09. The van der Waals surface area contributed by atoms with Gasteiger partial charge >= 0.3 is 5.97 Å². The van der Waals surface area contributed by atoms with Crippen LogP contribution < -0.4 is 5.32 Å². The Bertz CT molecular complexity index is 648. The number of carbonyl (C=O) groups excluding carboxylic acids is 2. The van der Waals surface area contributed by atoms with Gasteiger partial charge in [-0.1, -0.05) is 0 Å². The van der Waals surface area contributed by atoms with E-state index in [0.29, 0.717) is 10.8 Å². The molecule has 0 atom stereocenters. The summed E-state index contributed by atoms with van der Waals surface area (Å²) in [5.41, 5.74) is 0.582. The molecule has 6 nitrogen and oxygen atoms in total. The highest BCUT2D eigenvalue weighted by Crippen LogP contribution is 2.20. The summed E-state index contributed by atoms with van der Waals surface area (Å²) in [5.74, 6) is -0.818. The Kier molecular flexibility index (Phi) is 4.46. The zero-order valence-corrected chi connectivity index (χ0v) is 12.9. The van der Waals surface area contributed by atoms with E-state index < -0.39 is 5.97 Å². The van der Waals surface area contributed by atoms with Crippen LogP contribution in [-0.2, 0) is 4.74 Å². The molecule has 2 aromatic heterocycles. The number of nitrogens with zero attached hydrogens (tertiary/aromatic N) is 2. The molecule has 2 aromatic rings. The molecular weight excluding hydrogens is 298 g/mol. The summed E-state index contributed by atoms with van der Waals surface area (Å²) in [7, 11) is 0. The molecule has 2 rings (SSSR count). The number of anilines is 1. The third-order valence-electron chi connectivity index (χ3n) is 2.33. The molecule has 0 saturated heterocycles. The van der Waals surface area contributed by atoms with E-state index in [4.69, 9.17) is 4.74 Å². The molecule has 0 fully saturated rings. The number of aromatic nitrogens is 2. The molecular formula is C12H13N3O3S2. The Morgan fingerprint density at radius 3 is 2.70 bits per heavy atom. The van der Waals surface area contributed by atoms with E-state index in [1.54, 1.807) is 12.3 Å². The van der Waals surface area contributed by atoms with Crippen LogP contribution in [0.2, 0.25) is 0 Å². The molecule has 106 valence electrons. The monoisotopic (exact) mass is 311 g/mol. The number of nitrogens with one attached hydrogen (secondary N) is 1. The van der Waals surface area contributed by atoms with Crippen LogP contribution in [0.4, 0.5) is 5.13 Å². The Hall–Kier alpha value is -1.80. The molecule has 1 N–H and O–H groups in total. The van der Waals surface area contributed by atoms with Crippen molar-refractivity contribution in [3.05, 3.63) is 26.7 Å². The molecule has 0 aliphatic carbocycles. The van der Waals surface area contributed by atoms with Crippen LogP contribution >= 0.6 is 22.7 Å². The first-order valence-corrected chi connectivity index (χ1v) is 7.59. The molecule has 2 heterocycles. The predicted molar refractivity (Wildman–Crippen MR) is 77.6 cm³/mol. The molecule has 8 heteroatoms. The molecule has 0 bridgehead atoms. The first kappa shape index (κ1) is 14.6. The van der Waals surface area contributed by atoms with Gasteiger partial charge in [0.25, 0.3) is 5.91 Å². The summed E-state index contributed by atoms with van der Waals surface area (Å²) in [5, 5.41) is 5.37. The fraction of sp³-hybridized carbons (Fsp3) is 0.333. The summed E-state index contributed by atoms with van der Waals surface area (Å²) < 4.78 is 4.84. The van der Waals surface area contributed by atoms with Gasteiger partial charge in [-0.3, -0.25) is 10.1 Å². The maximum atomic E-state index is 12.0. The van der Waals surface area contributed by atoms with Crippen LogP contribution in [0.5, 0.6) is 0 Å². The number of ether oxygens (including phenoxy) is 1. The average molecular weight is 311 g/mol. The van der Waals surface area contributed by atoms with Gasteiger partial charge in [0.2, 0.25) is 0 Å². The minimum Gasteiger partial charge on any atom is -0.461 e. The fourth-order valence-electron chi connectivity index (χ4n) is 1.53. The van der Waals surface area contributed by atoms with Crippen molar-refractivity contribution < 1.29 is 14.3 Å². The number of esters is 1. The minimum absolute atomic E-state index is 0.193. The van der Waals surface area contributed by atoms with Gasteiger partial charge in [-0.15, -0.1) is 22.7 Å². The van der Waals surface area contributed by atoms with Crippen LogP contribution in [0.25, 0.3) is 0 Å². The van der Waals surface area contributed by atoms with E-state index in [0.717, 1.165) is 9.88 Å². The van der Waals surface area contributed by atoms with Crippen LogP contribution in [0.1, 0.15) is 37.8 Å². The first-order chi connectivity index (χ1) is 9.51. The Morgan fingerprint density at radius 1 is 1.35 bits per heavy atom. The highest BCUT2D eigenvalue weighted by molar-refractivity contribution is 7.14. The highest BCUT2D eigenvalue weighted by atomic mass is 32.1. The van der Waals surface area contributed by atoms with Crippen molar-refractivity contribution in [1.29, 1.82) is 0 Å².